The van der Waals surface area contributed by atoms with Crippen molar-refractivity contribution < 1.29 is 4.79 Å². The molecule has 4 heterocycles. The molecular weight excluding hydrogens is 370 g/mol. The van der Waals surface area contributed by atoms with Gasteiger partial charge in [-0.3, -0.25) is 9.69 Å². The smallest absolute Gasteiger partial charge is 0.256 e. The van der Waals surface area contributed by atoms with Crippen LogP contribution in [0, 0.1) is 10.6 Å². The van der Waals surface area contributed by atoms with E-state index in [1.54, 1.807) is 6.20 Å². The van der Waals surface area contributed by atoms with Crippen molar-refractivity contribution >= 4 is 23.9 Å². The first-order chi connectivity index (χ1) is 13.7. The monoisotopic (exact) mass is 397 g/mol. The Labute approximate surface area is 171 Å². The Morgan fingerprint density at radius 3 is 2.75 bits per heavy atom. The van der Waals surface area contributed by atoms with Crippen molar-refractivity contribution in [3.8, 4) is 0 Å². The summed E-state index contributed by atoms with van der Waals surface area (Å²) in [6.07, 6.45) is 5.87. The topological polar surface area (TPSA) is 55.5 Å². The predicted octanol–water partition coefficient (Wildman–Crippen LogP) is 2.81. The number of likely N-dealkylation sites (tertiary alicyclic amines) is 1. The van der Waals surface area contributed by atoms with Crippen LogP contribution in [0.1, 0.15) is 23.2 Å². The average molecular weight is 398 g/mol. The lowest BCUT2D eigenvalue weighted by Crippen LogP contribution is -2.50. The zero-order chi connectivity index (χ0) is 19.3. The minimum atomic E-state index is 0.0616. The Morgan fingerprint density at radius 1 is 1.14 bits per heavy atom. The van der Waals surface area contributed by atoms with Crippen LogP contribution in [0.25, 0.3) is 0 Å². The second-order valence-corrected chi connectivity index (χ2v) is 8.06. The summed E-state index contributed by atoms with van der Waals surface area (Å²) < 4.78 is 0.528. The number of rotatable bonds is 4. The summed E-state index contributed by atoms with van der Waals surface area (Å²) in [6, 6.07) is 9.74. The quantitative estimate of drug-likeness (QED) is 0.804. The maximum absolute atomic E-state index is 12.9. The number of carbonyl (C=O) groups is 1. The molecule has 2 fully saturated rings. The molecular formula is C21H27N5OS. The fourth-order valence-corrected chi connectivity index (χ4v) is 4.45. The number of amides is 1. The number of pyridine rings is 2. The highest BCUT2D eigenvalue weighted by Gasteiger charge is 2.27. The number of aromatic nitrogens is 2. The number of piperidine rings is 1. The van der Waals surface area contributed by atoms with E-state index in [1.807, 2.05) is 35.4 Å². The summed E-state index contributed by atoms with van der Waals surface area (Å²) in [5, 5.41) is 0. The molecule has 2 aromatic heterocycles. The summed E-state index contributed by atoms with van der Waals surface area (Å²) in [5.74, 6) is 1.66. The molecule has 1 N–H and O–H groups in total. The van der Waals surface area contributed by atoms with Gasteiger partial charge in [-0.2, -0.15) is 0 Å². The van der Waals surface area contributed by atoms with Gasteiger partial charge >= 0.3 is 0 Å². The van der Waals surface area contributed by atoms with E-state index >= 15 is 0 Å². The van der Waals surface area contributed by atoms with Gasteiger partial charge in [0.25, 0.3) is 5.91 Å². The first-order valence-corrected chi connectivity index (χ1v) is 10.5. The van der Waals surface area contributed by atoms with Crippen LogP contribution in [0.2, 0.25) is 0 Å². The van der Waals surface area contributed by atoms with E-state index in [0.717, 1.165) is 58.1 Å². The lowest BCUT2D eigenvalue weighted by Gasteiger charge is -2.39. The Morgan fingerprint density at radius 2 is 2.00 bits per heavy atom. The van der Waals surface area contributed by atoms with Gasteiger partial charge in [0, 0.05) is 58.2 Å². The number of hydrogen-bond donors (Lipinski definition) is 1. The van der Waals surface area contributed by atoms with Crippen LogP contribution in [0.4, 0.5) is 5.82 Å². The average Bonchev–Trinajstić information content (AvgIpc) is 2.75. The molecule has 0 spiro atoms. The molecule has 0 aliphatic carbocycles. The molecule has 0 saturated carbocycles. The minimum Gasteiger partial charge on any atom is -0.354 e. The highest BCUT2D eigenvalue weighted by atomic mass is 32.1. The van der Waals surface area contributed by atoms with E-state index in [9.17, 15) is 4.79 Å². The van der Waals surface area contributed by atoms with Gasteiger partial charge in [-0.15, -0.1) is 0 Å². The number of piperazine rings is 1. The zero-order valence-corrected chi connectivity index (χ0v) is 16.9. The lowest BCUT2D eigenvalue weighted by molar-refractivity contribution is 0.0636. The Hall–Kier alpha value is -2.25. The van der Waals surface area contributed by atoms with Gasteiger partial charge < -0.3 is 14.8 Å². The Balaban J connectivity index is 1.30. The molecule has 0 radical (unpaired) electrons. The maximum atomic E-state index is 12.9. The molecule has 1 unspecified atom stereocenters. The standard InChI is InChI=1S/C21H27N5OS/c27-21(18-6-3-9-23-20(18)28)26-10-4-5-17(16-26)15-24-11-13-25(14-12-24)19-7-1-2-8-22-19/h1-3,6-9,17H,4-5,10-16H2,(H,23,28). The van der Waals surface area contributed by atoms with Crippen molar-refractivity contribution in [1.29, 1.82) is 0 Å². The normalized spacial score (nSPS) is 20.9. The summed E-state index contributed by atoms with van der Waals surface area (Å²) in [7, 11) is 0. The highest BCUT2D eigenvalue weighted by molar-refractivity contribution is 7.71. The van der Waals surface area contributed by atoms with E-state index in [0.29, 0.717) is 16.1 Å². The van der Waals surface area contributed by atoms with Crippen LogP contribution in [0.3, 0.4) is 0 Å². The van der Waals surface area contributed by atoms with E-state index in [1.165, 1.54) is 6.42 Å². The van der Waals surface area contributed by atoms with E-state index in [2.05, 4.69) is 25.8 Å². The number of hydrogen-bond acceptors (Lipinski definition) is 5. The fraction of sp³-hybridized carbons (Fsp3) is 0.476. The third-order valence-corrected chi connectivity index (χ3v) is 6.05. The van der Waals surface area contributed by atoms with Crippen LogP contribution >= 0.6 is 12.2 Å². The van der Waals surface area contributed by atoms with Crippen LogP contribution < -0.4 is 4.90 Å². The number of anilines is 1. The number of nitrogens with one attached hydrogen (secondary N) is 1. The number of H-pyrrole nitrogens is 1. The zero-order valence-electron chi connectivity index (χ0n) is 16.1. The molecule has 6 nitrogen and oxygen atoms in total. The molecule has 148 valence electrons. The van der Waals surface area contributed by atoms with E-state index in [-0.39, 0.29) is 5.91 Å². The number of carbonyl (C=O) groups excluding carboxylic acids is 1. The van der Waals surface area contributed by atoms with Gasteiger partial charge in [-0.25, -0.2) is 4.98 Å². The first kappa shape index (κ1) is 19.1. The van der Waals surface area contributed by atoms with E-state index in [4.69, 9.17) is 12.2 Å². The van der Waals surface area contributed by atoms with Crippen LogP contribution in [0.15, 0.2) is 42.7 Å². The fourth-order valence-electron chi connectivity index (χ4n) is 4.22. The molecule has 2 saturated heterocycles. The predicted molar refractivity (Wildman–Crippen MR) is 113 cm³/mol. The molecule has 2 aromatic rings. The van der Waals surface area contributed by atoms with Crippen LogP contribution in [-0.4, -0.2) is 71.5 Å². The molecule has 2 aliphatic heterocycles. The SMILES string of the molecule is O=C(c1ccc[nH]c1=S)N1CCCC(CN2CCN(c3ccccn3)CC2)C1. The van der Waals surface area contributed by atoms with Gasteiger partial charge in [0.2, 0.25) is 0 Å². The van der Waals surface area contributed by atoms with Gasteiger partial charge in [0.1, 0.15) is 10.5 Å². The van der Waals surface area contributed by atoms with Crippen molar-refractivity contribution in [2.75, 3.05) is 50.7 Å². The molecule has 1 atom stereocenters. The minimum absolute atomic E-state index is 0.0616. The van der Waals surface area contributed by atoms with Crippen molar-refractivity contribution in [3.63, 3.8) is 0 Å². The van der Waals surface area contributed by atoms with Gasteiger partial charge in [-0.1, -0.05) is 18.3 Å². The summed E-state index contributed by atoms with van der Waals surface area (Å²) >= 11 is 5.29. The van der Waals surface area contributed by atoms with Crippen molar-refractivity contribution in [2.24, 2.45) is 5.92 Å². The van der Waals surface area contributed by atoms with Gasteiger partial charge in [0.05, 0.1) is 5.56 Å². The molecule has 2 aliphatic rings. The van der Waals surface area contributed by atoms with Gasteiger partial charge in [-0.05, 0) is 43.0 Å². The largest absolute Gasteiger partial charge is 0.354 e. The Bertz CT molecular complexity index is 847. The molecule has 7 heteroatoms. The summed E-state index contributed by atoms with van der Waals surface area (Å²) in [6.45, 7) is 6.81. The number of nitrogens with zero attached hydrogens (tertiary/aromatic N) is 4. The molecule has 0 aromatic carbocycles. The molecule has 1 amide bonds. The number of aromatic amines is 1. The highest BCUT2D eigenvalue weighted by Crippen LogP contribution is 2.21. The Kier molecular flexibility index (Phi) is 6.02. The molecule has 28 heavy (non-hydrogen) atoms. The van der Waals surface area contributed by atoms with Crippen molar-refractivity contribution in [2.45, 2.75) is 12.8 Å². The van der Waals surface area contributed by atoms with Crippen molar-refractivity contribution in [3.05, 3.63) is 52.9 Å². The lowest BCUT2D eigenvalue weighted by atomic mass is 9.96. The van der Waals surface area contributed by atoms with Crippen molar-refractivity contribution in [1.82, 2.24) is 19.8 Å². The first-order valence-electron chi connectivity index (χ1n) is 10.1. The third-order valence-electron chi connectivity index (χ3n) is 5.72. The van der Waals surface area contributed by atoms with Crippen LogP contribution in [-0.2, 0) is 0 Å². The maximum Gasteiger partial charge on any atom is 0.256 e. The molecule has 4 rings (SSSR count). The van der Waals surface area contributed by atoms with E-state index < -0.39 is 0 Å². The van der Waals surface area contributed by atoms with Crippen LogP contribution in [0.5, 0.6) is 0 Å². The third kappa shape index (κ3) is 4.42. The summed E-state index contributed by atoms with van der Waals surface area (Å²) in [5.41, 5.74) is 0.613. The van der Waals surface area contributed by atoms with Gasteiger partial charge in [0.15, 0.2) is 0 Å². The second kappa shape index (κ2) is 8.84. The summed E-state index contributed by atoms with van der Waals surface area (Å²) in [4.78, 5) is 27.2. The second-order valence-electron chi connectivity index (χ2n) is 7.65. The molecule has 0 bridgehead atoms.